The van der Waals surface area contributed by atoms with Gasteiger partial charge in [0.05, 0.1) is 24.2 Å². The Morgan fingerprint density at radius 3 is 2.25 bits per heavy atom. The average molecular weight is 395 g/mol. The van der Waals surface area contributed by atoms with Crippen molar-refractivity contribution in [1.82, 2.24) is 14.4 Å². The summed E-state index contributed by atoms with van der Waals surface area (Å²) in [7, 11) is -3.79. The van der Waals surface area contributed by atoms with E-state index in [4.69, 9.17) is 8.94 Å². The van der Waals surface area contributed by atoms with E-state index in [1.807, 2.05) is 30.3 Å². The van der Waals surface area contributed by atoms with E-state index in [0.29, 0.717) is 11.6 Å². The number of benzene rings is 2. The molecule has 0 unspecified atom stereocenters. The van der Waals surface area contributed by atoms with Crippen molar-refractivity contribution >= 4 is 10.0 Å². The number of hydrogen-bond acceptors (Lipinski definition) is 6. The van der Waals surface area contributed by atoms with E-state index in [1.54, 1.807) is 42.5 Å². The van der Waals surface area contributed by atoms with Gasteiger partial charge in [-0.25, -0.2) is 8.42 Å². The van der Waals surface area contributed by atoms with Crippen LogP contribution >= 0.6 is 0 Å². The van der Waals surface area contributed by atoms with E-state index in [0.717, 1.165) is 5.56 Å². The van der Waals surface area contributed by atoms with Gasteiger partial charge in [-0.2, -0.15) is 9.29 Å². The first-order chi connectivity index (χ1) is 13.6. The molecule has 0 fully saturated rings. The summed E-state index contributed by atoms with van der Waals surface area (Å²) in [6, 6.07) is 21.0. The van der Waals surface area contributed by atoms with Crippen LogP contribution in [0, 0.1) is 0 Å². The Morgan fingerprint density at radius 1 is 0.857 bits per heavy atom. The van der Waals surface area contributed by atoms with Crippen LogP contribution in [0.4, 0.5) is 0 Å². The van der Waals surface area contributed by atoms with Crippen molar-refractivity contribution < 1.29 is 17.4 Å². The van der Waals surface area contributed by atoms with Crippen molar-refractivity contribution in [2.24, 2.45) is 0 Å². The van der Waals surface area contributed by atoms with Gasteiger partial charge in [-0.05, 0) is 24.3 Å². The van der Waals surface area contributed by atoms with Crippen LogP contribution in [0.2, 0.25) is 0 Å². The summed E-state index contributed by atoms with van der Waals surface area (Å²) in [6.07, 6.45) is 1.50. The quantitative estimate of drug-likeness (QED) is 0.474. The molecule has 0 aliphatic carbocycles. The first kappa shape index (κ1) is 18.1. The predicted molar refractivity (Wildman–Crippen MR) is 101 cm³/mol. The fraction of sp³-hybridized carbons (Fsp3) is 0.100. The highest BCUT2D eigenvalue weighted by atomic mass is 32.2. The van der Waals surface area contributed by atoms with Gasteiger partial charge in [-0.15, -0.1) is 0 Å². The normalized spacial score (nSPS) is 11.8. The molecule has 4 aromatic rings. The second-order valence-electron chi connectivity index (χ2n) is 6.04. The summed E-state index contributed by atoms with van der Waals surface area (Å²) in [5.41, 5.74) is 0.793. The van der Waals surface area contributed by atoms with Crippen LogP contribution in [-0.2, 0) is 23.1 Å². The van der Waals surface area contributed by atoms with Gasteiger partial charge in [0, 0.05) is 5.56 Å². The highest BCUT2D eigenvalue weighted by Gasteiger charge is 2.27. The molecular formula is C20H17N3O4S. The van der Waals surface area contributed by atoms with E-state index in [9.17, 15) is 8.42 Å². The van der Waals surface area contributed by atoms with Crippen molar-refractivity contribution in [3.8, 4) is 11.4 Å². The third kappa shape index (κ3) is 3.88. The summed E-state index contributed by atoms with van der Waals surface area (Å²) in [6.45, 7) is -0.0228. The van der Waals surface area contributed by atoms with Gasteiger partial charge in [0.1, 0.15) is 5.76 Å². The second kappa shape index (κ2) is 7.79. The summed E-state index contributed by atoms with van der Waals surface area (Å²) in [5.74, 6) is 1.12. The summed E-state index contributed by atoms with van der Waals surface area (Å²) in [5, 5.41) is 3.96. The SMILES string of the molecule is O=S(=O)(c1ccccc1)N(Cc1ccco1)Cc1nc(-c2ccccc2)no1. The highest BCUT2D eigenvalue weighted by molar-refractivity contribution is 7.89. The number of aromatic nitrogens is 2. The molecule has 0 atom stereocenters. The zero-order valence-electron chi connectivity index (χ0n) is 14.8. The Morgan fingerprint density at radius 2 is 1.57 bits per heavy atom. The van der Waals surface area contributed by atoms with Crippen molar-refractivity contribution in [3.63, 3.8) is 0 Å². The molecule has 0 bridgehead atoms. The number of sulfonamides is 1. The van der Waals surface area contributed by atoms with E-state index in [1.165, 1.54) is 10.6 Å². The molecule has 0 saturated carbocycles. The van der Waals surface area contributed by atoms with Gasteiger partial charge in [0.2, 0.25) is 21.7 Å². The third-order valence-electron chi connectivity index (χ3n) is 4.10. The Balaban J connectivity index is 1.64. The fourth-order valence-electron chi connectivity index (χ4n) is 2.72. The lowest BCUT2D eigenvalue weighted by molar-refractivity contribution is 0.297. The first-order valence-electron chi connectivity index (χ1n) is 8.58. The van der Waals surface area contributed by atoms with Gasteiger partial charge < -0.3 is 8.94 Å². The first-order valence-corrected chi connectivity index (χ1v) is 10.0. The monoisotopic (exact) mass is 395 g/mol. The average Bonchev–Trinajstić information content (AvgIpc) is 3.41. The molecule has 2 heterocycles. The Kier molecular flexibility index (Phi) is 5.05. The fourth-order valence-corrected chi connectivity index (χ4v) is 4.09. The molecule has 0 amide bonds. The Hall–Kier alpha value is -3.23. The van der Waals surface area contributed by atoms with Crippen molar-refractivity contribution in [3.05, 3.63) is 90.7 Å². The van der Waals surface area contributed by atoms with Crippen LogP contribution in [0.15, 0.2) is 92.9 Å². The molecule has 0 N–H and O–H groups in total. The minimum Gasteiger partial charge on any atom is -0.468 e. The van der Waals surface area contributed by atoms with Gasteiger partial charge in [0.15, 0.2) is 0 Å². The van der Waals surface area contributed by atoms with Crippen LogP contribution in [-0.4, -0.2) is 22.9 Å². The maximum atomic E-state index is 13.1. The van der Waals surface area contributed by atoms with Crippen LogP contribution in [0.1, 0.15) is 11.7 Å². The van der Waals surface area contributed by atoms with Crippen LogP contribution in [0.5, 0.6) is 0 Å². The zero-order valence-corrected chi connectivity index (χ0v) is 15.6. The second-order valence-corrected chi connectivity index (χ2v) is 7.98. The Labute approximate surface area is 162 Å². The predicted octanol–water partition coefficient (Wildman–Crippen LogP) is 3.72. The maximum Gasteiger partial charge on any atom is 0.243 e. The summed E-state index contributed by atoms with van der Waals surface area (Å²) >= 11 is 0. The molecule has 4 rings (SSSR count). The van der Waals surface area contributed by atoms with Crippen molar-refractivity contribution in [1.29, 1.82) is 0 Å². The molecule has 0 saturated heterocycles. The zero-order chi connectivity index (χ0) is 19.4. The largest absolute Gasteiger partial charge is 0.468 e. The van der Waals surface area contributed by atoms with Gasteiger partial charge in [0.25, 0.3) is 0 Å². The lowest BCUT2D eigenvalue weighted by Crippen LogP contribution is -2.30. The molecule has 2 aromatic carbocycles. The molecular weight excluding hydrogens is 378 g/mol. The minimum absolute atomic E-state index is 0.0489. The minimum atomic E-state index is -3.79. The molecule has 7 nitrogen and oxygen atoms in total. The van der Waals surface area contributed by atoms with Crippen LogP contribution < -0.4 is 0 Å². The van der Waals surface area contributed by atoms with Crippen molar-refractivity contribution in [2.45, 2.75) is 18.0 Å². The van der Waals surface area contributed by atoms with Gasteiger partial charge >= 0.3 is 0 Å². The molecule has 0 spiro atoms. The summed E-state index contributed by atoms with van der Waals surface area (Å²) in [4.78, 5) is 4.53. The van der Waals surface area contributed by atoms with Crippen molar-refractivity contribution in [2.75, 3.05) is 0 Å². The highest BCUT2D eigenvalue weighted by Crippen LogP contribution is 2.22. The molecule has 0 aliphatic rings. The van der Waals surface area contributed by atoms with E-state index >= 15 is 0 Å². The third-order valence-corrected chi connectivity index (χ3v) is 5.91. The number of hydrogen-bond donors (Lipinski definition) is 0. The maximum absolute atomic E-state index is 13.1. The number of nitrogens with zero attached hydrogens (tertiary/aromatic N) is 3. The van der Waals surface area contributed by atoms with E-state index in [2.05, 4.69) is 10.1 Å². The smallest absolute Gasteiger partial charge is 0.243 e. The molecule has 0 aliphatic heterocycles. The number of furan rings is 1. The lowest BCUT2D eigenvalue weighted by atomic mass is 10.2. The molecule has 2 aromatic heterocycles. The van der Waals surface area contributed by atoms with E-state index < -0.39 is 10.0 Å². The van der Waals surface area contributed by atoms with Gasteiger partial charge in [-0.1, -0.05) is 53.7 Å². The van der Waals surface area contributed by atoms with Gasteiger partial charge in [-0.3, -0.25) is 0 Å². The molecule has 142 valence electrons. The lowest BCUT2D eigenvalue weighted by Gasteiger charge is -2.19. The van der Waals surface area contributed by atoms with Crippen LogP contribution in [0.25, 0.3) is 11.4 Å². The Bertz CT molecular complexity index is 1120. The summed E-state index contributed by atoms with van der Waals surface area (Å²) < 4.78 is 38.2. The molecule has 0 radical (unpaired) electrons. The standard InChI is InChI=1S/C20H17N3O4S/c24-28(25,18-11-5-2-6-12-18)23(14-17-10-7-13-26-17)15-19-21-20(22-27-19)16-8-3-1-4-9-16/h1-13H,14-15H2. The topological polar surface area (TPSA) is 89.4 Å². The molecule has 8 heteroatoms. The van der Waals surface area contributed by atoms with E-state index in [-0.39, 0.29) is 23.9 Å². The number of rotatable bonds is 7. The van der Waals surface area contributed by atoms with Crippen LogP contribution in [0.3, 0.4) is 0 Å². The molecule has 28 heavy (non-hydrogen) atoms.